The number of benzene rings is 7. The van der Waals surface area contributed by atoms with Crippen LogP contribution in [-0.2, 0) is 39.0 Å². The molecule has 0 fully saturated rings. The first-order chi connectivity index (χ1) is 40.1. The third kappa shape index (κ3) is 13.5. The number of hydrogen-bond donors (Lipinski definition) is 14. The lowest BCUT2D eigenvalue weighted by Gasteiger charge is -2.15. The summed E-state index contributed by atoms with van der Waals surface area (Å²) < 4.78 is 79.4. The Balaban J connectivity index is 0.992. The number of anilines is 10. The number of nitrogens with two attached hydrogens (primary N) is 2. The summed E-state index contributed by atoms with van der Waals surface area (Å²) in [4.78, 5) is 47.0. The van der Waals surface area contributed by atoms with Gasteiger partial charge in [0.1, 0.15) is 22.7 Å². The summed E-state index contributed by atoms with van der Waals surface area (Å²) in [6.07, 6.45) is 0. The minimum absolute atomic E-state index is 0.0876. The number of aromatic nitrogens is 6. The quantitative estimate of drug-likeness (QED) is 0.00986. The molecule has 0 bridgehead atoms. The molecule has 2 heterocycles. The van der Waals surface area contributed by atoms with Crippen LogP contribution in [0, 0.1) is 0 Å². The lowest BCUT2D eigenvalue weighted by molar-refractivity contribution is -0.432. The van der Waals surface area contributed by atoms with Gasteiger partial charge in [-0.05, 0) is 95.7 Å². The molecular weight excluding hydrogens is 1190 g/mol. The predicted octanol–water partition coefficient (Wildman–Crippen LogP) is 9.49. The van der Waals surface area contributed by atoms with Gasteiger partial charge in [0.05, 0.1) is 66.2 Å². The van der Waals surface area contributed by atoms with Crippen LogP contribution < -0.4 is 32.7 Å². The first-order valence-electron chi connectivity index (χ1n) is 22.7. The molecule has 0 radical (unpaired) electrons. The van der Waals surface area contributed by atoms with E-state index >= 15 is 0 Å². The van der Waals surface area contributed by atoms with Crippen LogP contribution in [0.2, 0.25) is 0 Å². The number of phenolic OH excluding ortho intramolecular Hbond substituents is 2. The highest BCUT2D eigenvalue weighted by Crippen LogP contribution is 2.49. The SMILES string of the molecule is Nc1nc(Nc2ccc(Nc3nc(N)nc(Nc4cc(S(=O)(=O)O)cc5cc(SOOO)c(N=Nc6ccccc6C(=O)O)c(O)c45)n3)cc2)nc(Nc2cc(S(=O)(=O)O)cc3cc(SOOO)c(N=Nc4ccccc4C(=O)O)c(O)c23)n1. The van der Waals surface area contributed by atoms with Crippen LogP contribution >= 0.6 is 24.1 Å². The van der Waals surface area contributed by atoms with Gasteiger partial charge in [-0.1, -0.05) is 34.3 Å². The third-order valence-corrected chi connectivity index (χ3v) is 14.0. The second-order valence-corrected chi connectivity index (χ2v) is 20.8. The average Bonchev–Trinajstić information content (AvgIpc) is 1.32. The van der Waals surface area contributed by atoms with Crippen molar-refractivity contribution in [2.45, 2.75) is 19.6 Å². The Labute approximate surface area is 476 Å². The number of rotatable bonds is 22. The van der Waals surface area contributed by atoms with Gasteiger partial charge >= 0.3 is 11.9 Å². The Hall–Kier alpha value is -10.1. The summed E-state index contributed by atoms with van der Waals surface area (Å²) in [6.45, 7) is 0. The van der Waals surface area contributed by atoms with Crippen molar-refractivity contribution in [2.75, 3.05) is 32.7 Å². The molecule has 38 heteroatoms. The van der Waals surface area contributed by atoms with Crippen molar-refractivity contribution in [1.29, 1.82) is 0 Å². The number of nitrogens with one attached hydrogen (secondary N) is 4. The van der Waals surface area contributed by atoms with E-state index in [9.17, 15) is 56.0 Å². The normalized spacial score (nSPS) is 11.9. The fourth-order valence-corrected chi connectivity index (χ4v) is 9.75. The maximum atomic E-state index is 12.5. The smallest absolute Gasteiger partial charge is 0.337 e. The van der Waals surface area contributed by atoms with Gasteiger partial charge in [0.25, 0.3) is 20.2 Å². The van der Waals surface area contributed by atoms with Gasteiger partial charge < -0.3 is 53.2 Å². The van der Waals surface area contributed by atoms with E-state index in [1.54, 1.807) is 0 Å². The molecule has 0 saturated carbocycles. The number of hydrogen-bond acceptors (Lipinski definition) is 32. The van der Waals surface area contributed by atoms with Crippen LogP contribution in [0.25, 0.3) is 21.5 Å². The van der Waals surface area contributed by atoms with Gasteiger partial charge in [0, 0.05) is 22.1 Å². The van der Waals surface area contributed by atoms with Gasteiger partial charge in [-0.15, -0.1) is 29.1 Å². The lowest BCUT2D eigenvalue weighted by atomic mass is 10.1. The molecular formula is C46H34N16O18S4. The van der Waals surface area contributed by atoms with E-state index in [2.05, 4.69) is 90.4 Å². The second-order valence-electron chi connectivity index (χ2n) is 16.5. The van der Waals surface area contributed by atoms with E-state index in [0.717, 1.165) is 24.3 Å². The molecule has 0 unspecified atom stereocenters. The summed E-state index contributed by atoms with van der Waals surface area (Å²) in [7, 11) is -9.90. The molecule has 0 amide bonds. The second kappa shape index (κ2) is 24.5. The highest BCUT2D eigenvalue weighted by atomic mass is 32.2. The molecule has 2 aromatic heterocycles. The first kappa shape index (κ1) is 58.6. The molecule has 0 spiro atoms. The Morgan fingerprint density at radius 3 is 1.20 bits per heavy atom. The zero-order valence-electron chi connectivity index (χ0n) is 41.3. The van der Waals surface area contributed by atoms with Crippen molar-refractivity contribution < 1.29 is 85.2 Å². The molecule has 0 aliphatic rings. The predicted molar refractivity (Wildman–Crippen MR) is 295 cm³/mol. The number of nitrogen functional groups attached to an aromatic ring is 2. The number of carbonyl (C=O) groups is 2. The molecule has 16 N–H and O–H groups in total. The zero-order chi connectivity index (χ0) is 60.0. The Bertz CT molecular complexity index is 4120. The number of nitrogens with zero attached hydrogens (tertiary/aromatic N) is 10. The lowest BCUT2D eigenvalue weighted by Crippen LogP contribution is -2.08. The van der Waals surface area contributed by atoms with Gasteiger partial charge in [-0.3, -0.25) is 9.11 Å². The Morgan fingerprint density at radius 1 is 0.500 bits per heavy atom. The van der Waals surface area contributed by atoms with Crippen molar-refractivity contribution in [3.63, 3.8) is 0 Å². The van der Waals surface area contributed by atoms with Crippen LogP contribution in [0.3, 0.4) is 0 Å². The van der Waals surface area contributed by atoms with E-state index in [1.165, 1.54) is 84.9 Å². The van der Waals surface area contributed by atoms with Crippen molar-refractivity contribution in [3.8, 4) is 11.5 Å². The molecule has 430 valence electrons. The number of fused-ring (bicyclic) bond motifs is 2. The number of aromatic hydroxyl groups is 2. The summed E-state index contributed by atoms with van der Waals surface area (Å²) >= 11 is 0.579. The molecule has 84 heavy (non-hydrogen) atoms. The van der Waals surface area contributed by atoms with Crippen molar-refractivity contribution in [1.82, 2.24) is 29.9 Å². The number of carboxylic acids is 2. The Morgan fingerprint density at radius 2 is 0.857 bits per heavy atom. The number of carboxylic acid groups (broad SMARTS) is 2. The van der Waals surface area contributed by atoms with Crippen LogP contribution in [0.1, 0.15) is 20.7 Å². The zero-order valence-corrected chi connectivity index (χ0v) is 44.6. The van der Waals surface area contributed by atoms with E-state index in [1.807, 2.05) is 0 Å². The summed E-state index contributed by atoms with van der Waals surface area (Å²) in [5.41, 5.74) is 10.7. The standard InChI is InChI=1S/C46H34N16O18S4/c47-41-53-43(57-45(55-41)51-29-17-23(83(71,72)73)13-19-15-31(81-79-77-69)35(37(63)33(19)29)61-59-27-7-3-1-5-25(27)39(65)66)49-21-9-11-22(12-10-21)50-44-54-42(48)56-46(58-44)52-30-18-24(84(74,75)76)14-20-16-32(82-80-78-70)36(38(64)34(20)30)62-60-28-8-4-2-6-26(28)40(67)68/h1-18,63-64,69-70H,(H,65,66)(H,67,68)(H,71,72,73)(H,74,75,76)(H4,47,49,51,53,55,57)(H4,48,50,52,54,56,58). The maximum Gasteiger partial charge on any atom is 0.337 e. The fraction of sp³-hybridized carbons (Fsp3) is 0. The molecule has 34 nitrogen and oxygen atoms in total. The minimum Gasteiger partial charge on any atom is -0.505 e. The molecule has 0 saturated heterocycles. The number of aromatic carboxylic acids is 2. The van der Waals surface area contributed by atoms with E-state index in [-0.39, 0.29) is 125 Å². The molecule has 9 aromatic rings. The van der Waals surface area contributed by atoms with Crippen molar-refractivity contribution in [3.05, 3.63) is 120 Å². The Kier molecular flexibility index (Phi) is 17.1. The summed E-state index contributed by atoms with van der Waals surface area (Å²) in [6, 6.07) is 23.4. The highest BCUT2D eigenvalue weighted by Gasteiger charge is 2.25. The highest BCUT2D eigenvalue weighted by molar-refractivity contribution is 7.95. The van der Waals surface area contributed by atoms with E-state index < -0.39 is 64.8 Å². The van der Waals surface area contributed by atoms with Crippen molar-refractivity contribution >= 4 is 159 Å². The monoisotopic (exact) mass is 1230 g/mol. The largest absolute Gasteiger partial charge is 0.505 e. The maximum absolute atomic E-state index is 12.5. The van der Waals surface area contributed by atoms with Gasteiger partial charge in [-0.2, -0.15) is 46.7 Å². The van der Waals surface area contributed by atoms with E-state index in [0.29, 0.717) is 11.4 Å². The molecule has 0 aliphatic heterocycles. The third-order valence-electron chi connectivity index (χ3n) is 11.1. The fourth-order valence-electron chi connectivity index (χ4n) is 7.67. The topological polar surface area (TPSA) is 528 Å². The van der Waals surface area contributed by atoms with Crippen LogP contribution in [0.15, 0.2) is 149 Å². The van der Waals surface area contributed by atoms with Gasteiger partial charge in [0.2, 0.25) is 35.7 Å². The summed E-state index contributed by atoms with van der Waals surface area (Å²) in [5, 5.41) is 94.9. The van der Waals surface area contributed by atoms with Crippen LogP contribution in [0.4, 0.5) is 81.2 Å². The molecule has 0 atom stereocenters. The molecule has 7 aromatic carbocycles. The minimum atomic E-state index is -4.95. The van der Waals surface area contributed by atoms with Crippen molar-refractivity contribution in [2.24, 2.45) is 20.5 Å². The first-order valence-corrected chi connectivity index (χ1v) is 27.0. The summed E-state index contributed by atoms with van der Waals surface area (Å²) in [5.74, 6) is -5.91. The number of azo groups is 2. The van der Waals surface area contributed by atoms with Gasteiger partial charge in [0.15, 0.2) is 11.5 Å². The van der Waals surface area contributed by atoms with Gasteiger partial charge in [-0.25, -0.2) is 20.1 Å². The molecule has 9 rings (SSSR count). The van der Waals surface area contributed by atoms with E-state index in [4.69, 9.17) is 22.0 Å². The average molecular weight is 1230 g/mol. The molecule has 0 aliphatic carbocycles. The number of phenols is 2. The van der Waals surface area contributed by atoms with Crippen LogP contribution in [-0.4, -0.2) is 98.7 Å². The van der Waals surface area contributed by atoms with Crippen LogP contribution in [0.5, 0.6) is 11.5 Å².